The van der Waals surface area contributed by atoms with Crippen molar-refractivity contribution in [3.05, 3.63) is 35.4 Å². The summed E-state index contributed by atoms with van der Waals surface area (Å²) in [5.74, 6) is 0. The number of aryl methyl sites for hydroxylation is 1. The topological polar surface area (TPSA) is 27.7 Å². The zero-order chi connectivity index (χ0) is 17.1. The molecule has 1 aromatic rings. The lowest BCUT2D eigenvalue weighted by atomic mass is 10.0. The van der Waals surface area contributed by atoms with Gasteiger partial charge in [0.25, 0.3) is 0 Å². The van der Waals surface area contributed by atoms with Crippen LogP contribution in [-0.4, -0.2) is 30.4 Å². The van der Waals surface area contributed by atoms with Crippen molar-refractivity contribution < 1.29 is 26.4 Å². The minimum Gasteiger partial charge on any atom is -0.375 e. The second-order valence-corrected chi connectivity index (χ2v) is 6.83. The maximum absolute atomic E-state index is 12.6. The van der Waals surface area contributed by atoms with E-state index in [2.05, 4.69) is 0 Å². The van der Waals surface area contributed by atoms with E-state index in [9.17, 15) is 13.2 Å². The molecule has 1 radical (unpaired) electrons. The molecule has 3 nitrogen and oxygen atoms in total. The number of rotatable bonds is 11. The SMILES string of the molecule is CO[Si](OC)OCCCCCCCc1cccc(C(F)(F)F)c1. The van der Waals surface area contributed by atoms with Gasteiger partial charge in [-0.2, -0.15) is 13.2 Å². The molecule has 0 atom stereocenters. The van der Waals surface area contributed by atoms with Crippen LogP contribution in [-0.2, 0) is 25.9 Å². The number of halogens is 3. The average Bonchev–Trinajstić information content (AvgIpc) is 2.53. The van der Waals surface area contributed by atoms with E-state index in [1.807, 2.05) is 0 Å². The predicted molar refractivity (Wildman–Crippen MR) is 84.0 cm³/mol. The first-order chi connectivity index (χ1) is 11.0. The normalized spacial score (nSPS) is 12.1. The van der Waals surface area contributed by atoms with Crippen LogP contribution in [0.2, 0.25) is 0 Å². The number of unbranched alkanes of at least 4 members (excludes halogenated alkanes) is 4. The molecular weight excluding hydrogens is 325 g/mol. The molecule has 7 heteroatoms. The molecule has 0 aliphatic carbocycles. The first-order valence-corrected chi connectivity index (χ1v) is 8.93. The van der Waals surface area contributed by atoms with E-state index in [1.165, 1.54) is 12.1 Å². The Morgan fingerprint density at radius 2 is 1.61 bits per heavy atom. The van der Waals surface area contributed by atoms with E-state index in [0.717, 1.165) is 43.7 Å². The number of hydrogen-bond donors (Lipinski definition) is 0. The van der Waals surface area contributed by atoms with Gasteiger partial charge < -0.3 is 13.3 Å². The molecule has 0 heterocycles. The maximum atomic E-state index is 12.6. The summed E-state index contributed by atoms with van der Waals surface area (Å²) in [5.41, 5.74) is 0.177. The molecule has 23 heavy (non-hydrogen) atoms. The molecule has 1 aromatic carbocycles. The summed E-state index contributed by atoms with van der Waals surface area (Å²) < 4.78 is 53.3. The van der Waals surface area contributed by atoms with Gasteiger partial charge in [-0.15, -0.1) is 0 Å². The van der Waals surface area contributed by atoms with Crippen LogP contribution in [0.15, 0.2) is 24.3 Å². The lowest BCUT2D eigenvalue weighted by molar-refractivity contribution is -0.137. The van der Waals surface area contributed by atoms with Crippen LogP contribution in [0, 0.1) is 0 Å². The van der Waals surface area contributed by atoms with Gasteiger partial charge in [-0.05, 0) is 30.9 Å². The van der Waals surface area contributed by atoms with Crippen molar-refractivity contribution in [2.45, 2.75) is 44.7 Å². The Hall–Kier alpha value is -0.893. The van der Waals surface area contributed by atoms with Crippen molar-refractivity contribution in [1.82, 2.24) is 0 Å². The summed E-state index contributed by atoms with van der Waals surface area (Å²) in [6.45, 7) is 0.615. The van der Waals surface area contributed by atoms with Gasteiger partial charge in [-0.1, -0.05) is 37.5 Å². The third-order valence-corrected chi connectivity index (χ3v) is 4.52. The highest BCUT2D eigenvalue weighted by molar-refractivity contribution is 6.36. The van der Waals surface area contributed by atoms with Crippen molar-refractivity contribution >= 4 is 9.53 Å². The van der Waals surface area contributed by atoms with Crippen LogP contribution in [0.4, 0.5) is 13.2 Å². The highest BCUT2D eigenvalue weighted by Gasteiger charge is 2.30. The molecule has 0 aromatic heterocycles. The lowest BCUT2D eigenvalue weighted by Gasteiger charge is -2.09. The fourth-order valence-electron chi connectivity index (χ4n) is 2.22. The third-order valence-electron chi connectivity index (χ3n) is 3.42. The van der Waals surface area contributed by atoms with Crippen molar-refractivity contribution in [3.8, 4) is 0 Å². The first kappa shape index (κ1) is 20.2. The Balaban J connectivity index is 2.12. The highest BCUT2D eigenvalue weighted by Crippen LogP contribution is 2.29. The lowest BCUT2D eigenvalue weighted by Crippen LogP contribution is -2.24. The van der Waals surface area contributed by atoms with Crippen LogP contribution in [0.25, 0.3) is 0 Å². The molecular formula is C16H24F3O3Si. The zero-order valence-corrected chi connectivity index (χ0v) is 14.6. The molecule has 0 saturated heterocycles. The molecule has 0 bridgehead atoms. The third kappa shape index (κ3) is 8.50. The van der Waals surface area contributed by atoms with Crippen molar-refractivity contribution in [2.24, 2.45) is 0 Å². The van der Waals surface area contributed by atoms with E-state index >= 15 is 0 Å². The molecule has 0 aliphatic heterocycles. The standard InChI is InChI=1S/C16H24F3O3Si/c1-20-23(21-2)22-12-7-5-3-4-6-9-14-10-8-11-15(13-14)16(17,18)19/h8,10-11,13H,3-7,9,12H2,1-2H3. The Morgan fingerprint density at radius 1 is 0.957 bits per heavy atom. The largest absolute Gasteiger partial charge is 0.577 e. The van der Waals surface area contributed by atoms with Crippen LogP contribution < -0.4 is 0 Å². The van der Waals surface area contributed by atoms with Crippen LogP contribution in [0.1, 0.15) is 43.2 Å². The maximum Gasteiger partial charge on any atom is 0.577 e. The van der Waals surface area contributed by atoms with E-state index < -0.39 is 21.3 Å². The smallest absolute Gasteiger partial charge is 0.375 e. The summed E-state index contributed by atoms with van der Waals surface area (Å²) in [4.78, 5) is 0. The first-order valence-electron chi connectivity index (χ1n) is 7.71. The van der Waals surface area contributed by atoms with Gasteiger partial charge in [0, 0.05) is 20.8 Å². The molecule has 0 fully saturated rings. The second-order valence-electron chi connectivity index (χ2n) is 5.22. The van der Waals surface area contributed by atoms with E-state index in [4.69, 9.17) is 13.3 Å². The summed E-state index contributed by atoms with van der Waals surface area (Å²) in [7, 11) is 1.56. The van der Waals surface area contributed by atoms with Crippen LogP contribution in [0.3, 0.4) is 0 Å². The summed E-state index contributed by atoms with van der Waals surface area (Å²) in [6.07, 6.45) is 1.33. The van der Waals surface area contributed by atoms with Crippen molar-refractivity contribution in [2.75, 3.05) is 20.8 Å². The van der Waals surface area contributed by atoms with Crippen LogP contribution >= 0.6 is 0 Å². The summed E-state index contributed by atoms with van der Waals surface area (Å²) >= 11 is 0. The molecule has 0 unspecified atom stereocenters. The number of benzene rings is 1. The molecule has 131 valence electrons. The van der Waals surface area contributed by atoms with Crippen molar-refractivity contribution in [1.29, 1.82) is 0 Å². The average molecular weight is 349 g/mol. The second kappa shape index (κ2) is 10.8. The minimum absolute atomic E-state index is 0.568. The highest BCUT2D eigenvalue weighted by atomic mass is 28.3. The Labute approximate surface area is 137 Å². The fraction of sp³-hybridized carbons (Fsp3) is 0.625. The van der Waals surface area contributed by atoms with E-state index in [1.54, 1.807) is 20.3 Å². The van der Waals surface area contributed by atoms with Gasteiger partial charge >= 0.3 is 15.7 Å². The van der Waals surface area contributed by atoms with Gasteiger partial charge in [-0.25, -0.2) is 0 Å². The van der Waals surface area contributed by atoms with E-state index in [0.29, 0.717) is 13.0 Å². The zero-order valence-electron chi connectivity index (χ0n) is 13.6. The van der Waals surface area contributed by atoms with Gasteiger partial charge in [0.15, 0.2) is 0 Å². The quantitative estimate of drug-likeness (QED) is 0.435. The minimum atomic E-state index is -4.26. The Kier molecular flexibility index (Phi) is 9.46. The predicted octanol–water partition coefficient (Wildman–Crippen LogP) is 4.49. The molecule has 1 rings (SSSR count). The van der Waals surface area contributed by atoms with E-state index in [-0.39, 0.29) is 0 Å². The summed E-state index contributed by atoms with van der Waals surface area (Å²) in [6, 6.07) is 5.58. The molecule has 0 spiro atoms. The van der Waals surface area contributed by atoms with Crippen LogP contribution in [0.5, 0.6) is 0 Å². The van der Waals surface area contributed by atoms with Gasteiger partial charge in [0.1, 0.15) is 0 Å². The monoisotopic (exact) mass is 349 g/mol. The van der Waals surface area contributed by atoms with Gasteiger partial charge in [0.2, 0.25) is 0 Å². The summed E-state index contributed by atoms with van der Waals surface area (Å²) in [5, 5.41) is 0. The Bertz CT molecular complexity index is 437. The van der Waals surface area contributed by atoms with Gasteiger partial charge in [0.05, 0.1) is 5.56 Å². The molecule has 0 saturated carbocycles. The fourth-order valence-corrected chi connectivity index (χ4v) is 2.93. The van der Waals surface area contributed by atoms with Gasteiger partial charge in [-0.3, -0.25) is 0 Å². The number of alkyl halides is 3. The molecule has 0 N–H and O–H groups in total. The Morgan fingerprint density at radius 3 is 2.26 bits per heavy atom. The number of hydrogen-bond acceptors (Lipinski definition) is 3. The molecule has 0 aliphatic rings. The molecule has 0 amide bonds. The van der Waals surface area contributed by atoms with Crippen molar-refractivity contribution in [3.63, 3.8) is 0 Å².